The normalized spacial score (nSPS) is 14.3. The Balaban J connectivity index is 2.25. The molecule has 0 bridgehead atoms. The van der Waals surface area contributed by atoms with Crippen LogP contribution in [0.2, 0.25) is 0 Å². The largest absolute Gasteiger partial charge is 0.480 e. The van der Waals surface area contributed by atoms with E-state index in [4.69, 9.17) is 5.73 Å². The van der Waals surface area contributed by atoms with Gasteiger partial charge in [0.05, 0.1) is 0 Å². The first-order valence-corrected chi connectivity index (χ1v) is 6.44. The summed E-state index contributed by atoms with van der Waals surface area (Å²) in [6, 6.07) is 17.8. The van der Waals surface area contributed by atoms with Crippen LogP contribution in [0, 0.1) is 0 Å². The van der Waals surface area contributed by atoms with Crippen LogP contribution in [0.1, 0.15) is 12.5 Å². The first kappa shape index (κ1) is 12.6. The molecule has 0 aromatic heterocycles. The van der Waals surface area contributed by atoms with Crippen molar-refractivity contribution < 1.29 is 9.90 Å². The van der Waals surface area contributed by atoms with Gasteiger partial charge in [0.25, 0.3) is 0 Å². The van der Waals surface area contributed by atoms with Crippen LogP contribution in [-0.2, 0) is 10.3 Å². The molecule has 0 radical (unpaired) electrons. The predicted molar refractivity (Wildman–Crippen MR) is 80.6 cm³/mol. The molecule has 3 aromatic carbocycles. The molecule has 0 amide bonds. The molecular formula is C17H15NO2. The summed E-state index contributed by atoms with van der Waals surface area (Å²) in [7, 11) is 0. The minimum Gasteiger partial charge on any atom is -0.480 e. The highest BCUT2D eigenvalue weighted by molar-refractivity contribution is 5.98. The number of rotatable bonds is 2. The number of fused-ring (bicyclic) bond motifs is 2. The minimum absolute atomic E-state index is 0.604. The van der Waals surface area contributed by atoms with Gasteiger partial charge < -0.3 is 10.8 Å². The van der Waals surface area contributed by atoms with Gasteiger partial charge in [0.2, 0.25) is 0 Å². The highest BCUT2D eigenvalue weighted by atomic mass is 16.4. The molecule has 1 unspecified atom stereocenters. The molecule has 3 nitrogen and oxygen atoms in total. The fourth-order valence-corrected chi connectivity index (χ4v) is 2.39. The van der Waals surface area contributed by atoms with Crippen molar-refractivity contribution >= 4 is 27.5 Å². The fourth-order valence-electron chi connectivity index (χ4n) is 2.39. The summed E-state index contributed by atoms with van der Waals surface area (Å²) in [6.07, 6.45) is 0. The van der Waals surface area contributed by atoms with Crippen LogP contribution in [0.3, 0.4) is 0 Å². The number of carbonyl (C=O) groups is 1. The van der Waals surface area contributed by atoms with E-state index in [1.165, 1.54) is 12.3 Å². The lowest BCUT2D eigenvalue weighted by molar-refractivity contribution is -0.143. The summed E-state index contributed by atoms with van der Waals surface area (Å²) in [5.41, 5.74) is 5.11. The van der Waals surface area contributed by atoms with E-state index in [0.29, 0.717) is 5.56 Å². The van der Waals surface area contributed by atoms with Gasteiger partial charge >= 0.3 is 5.97 Å². The second-order valence-corrected chi connectivity index (χ2v) is 5.27. The van der Waals surface area contributed by atoms with Gasteiger partial charge in [0.1, 0.15) is 5.54 Å². The van der Waals surface area contributed by atoms with E-state index in [9.17, 15) is 9.90 Å². The van der Waals surface area contributed by atoms with Crippen LogP contribution < -0.4 is 5.73 Å². The Bertz CT molecular complexity index is 821. The molecule has 0 saturated carbocycles. The van der Waals surface area contributed by atoms with Gasteiger partial charge in [-0.1, -0.05) is 36.4 Å². The summed E-state index contributed by atoms with van der Waals surface area (Å²) in [4.78, 5) is 11.2. The van der Waals surface area contributed by atoms with Gasteiger partial charge in [-0.3, -0.25) is 0 Å². The van der Waals surface area contributed by atoms with Crippen molar-refractivity contribution in [1.29, 1.82) is 0 Å². The van der Waals surface area contributed by atoms with Crippen molar-refractivity contribution in [1.82, 2.24) is 0 Å². The third-order valence-electron chi connectivity index (χ3n) is 3.75. The number of hydrogen-bond donors (Lipinski definition) is 2. The van der Waals surface area contributed by atoms with E-state index in [1.54, 1.807) is 6.07 Å². The molecular weight excluding hydrogens is 250 g/mol. The Morgan fingerprint density at radius 1 is 0.950 bits per heavy atom. The Hall–Kier alpha value is -2.39. The molecule has 0 heterocycles. The minimum atomic E-state index is -1.38. The number of aliphatic carboxylic acids is 1. The summed E-state index contributed by atoms with van der Waals surface area (Å²) >= 11 is 0. The fraction of sp³-hybridized carbons (Fsp3) is 0.118. The molecule has 0 aliphatic carbocycles. The second-order valence-electron chi connectivity index (χ2n) is 5.27. The SMILES string of the molecule is CC(N)(C(=O)O)c1ccc2cc3ccccc3cc2c1. The smallest absolute Gasteiger partial charge is 0.328 e. The number of hydrogen-bond acceptors (Lipinski definition) is 2. The molecule has 100 valence electrons. The lowest BCUT2D eigenvalue weighted by atomic mass is 9.91. The van der Waals surface area contributed by atoms with Gasteiger partial charge in [-0.2, -0.15) is 0 Å². The molecule has 0 fully saturated rings. The van der Waals surface area contributed by atoms with Crippen LogP contribution in [-0.4, -0.2) is 11.1 Å². The lowest BCUT2D eigenvalue weighted by Crippen LogP contribution is -2.41. The Labute approximate surface area is 116 Å². The summed E-state index contributed by atoms with van der Waals surface area (Å²) in [5, 5.41) is 13.6. The van der Waals surface area contributed by atoms with Crippen molar-refractivity contribution in [3.63, 3.8) is 0 Å². The Morgan fingerprint density at radius 3 is 2.10 bits per heavy atom. The molecule has 1 atom stereocenters. The van der Waals surface area contributed by atoms with E-state index >= 15 is 0 Å². The van der Waals surface area contributed by atoms with Crippen LogP contribution in [0.25, 0.3) is 21.5 Å². The summed E-state index contributed by atoms with van der Waals surface area (Å²) in [5.74, 6) is -1.03. The standard InChI is InChI=1S/C17H15NO2/c1-17(18,16(19)20)15-7-6-13-8-11-4-2-3-5-12(11)9-14(13)10-15/h2-10H,18H2,1H3,(H,19,20). The zero-order valence-corrected chi connectivity index (χ0v) is 11.1. The van der Waals surface area contributed by atoms with Crippen molar-refractivity contribution in [3.05, 3.63) is 60.2 Å². The Morgan fingerprint density at radius 2 is 1.50 bits per heavy atom. The third kappa shape index (κ3) is 1.92. The van der Waals surface area contributed by atoms with Gasteiger partial charge in [0.15, 0.2) is 0 Å². The van der Waals surface area contributed by atoms with Crippen LogP contribution in [0.5, 0.6) is 0 Å². The Kier molecular flexibility index (Phi) is 2.73. The first-order chi connectivity index (χ1) is 9.48. The van der Waals surface area contributed by atoms with E-state index in [1.807, 2.05) is 30.3 Å². The number of carboxylic acid groups (broad SMARTS) is 1. The van der Waals surface area contributed by atoms with E-state index in [-0.39, 0.29) is 0 Å². The van der Waals surface area contributed by atoms with Crippen LogP contribution >= 0.6 is 0 Å². The summed E-state index contributed by atoms with van der Waals surface area (Å²) < 4.78 is 0. The zero-order chi connectivity index (χ0) is 14.3. The van der Waals surface area contributed by atoms with Crippen LogP contribution in [0.4, 0.5) is 0 Å². The predicted octanol–water partition coefficient (Wildman–Crippen LogP) is 3.25. The molecule has 0 spiro atoms. The highest BCUT2D eigenvalue weighted by Gasteiger charge is 2.30. The molecule has 0 saturated heterocycles. The number of carboxylic acids is 1. The average Bonchev–Trinajstić information content (AvgIpc) is 2.44. The van der Waals surface area contributed by atoms with Gasteiger partial charge in [-0.05, 0) is 52.2 Å². The monoisotopic (exact) mass is 265 g/mol. The zero-order valence-electron chi connectivity index (χ0n) is 11.1. The second kappa shape index (κ2) is 4.32. The molecule has 3 aromatic rings. The maximum absolute atomic E-state index is 11.2. The molecule has 3 rings (SSSR count). The molecule has 0 aliphatic heterocycles. The van der Waals surface area contributed by atoms with Gasteiger partial charge in [-0.25, -0.2) is 4.79 Å². The highest BCUT2D eigenvalue weighted by Crippen LogP contribution is 2.27. The van der Waals surface area contributed by atoms with E-state index in [0.717, 1.165) is 16.2 Å². The van der Waals surface area contributed by atoms with E-state index in [2.05, 4.69) is 18.2 Å². The van der Waals surface area contributed by atoms with Crippen molar-refractivity contribution in [3.8, 4) is 0 Å². The van der Waals surface area contributed by atoms with Crippen LogP contribution in [0.15, 0.2) is 54.6 Å². The lowest BCUT2D eigenvalue weighted by Gasteiger charge is -2.20. The first-order valence-electron chi connectivity index (χ1n) is 6.44. The van der Waals surface area contributed by atoms with Crippen molar-refractivity contribution in [2.45, 2.75) is 12.5 Å². The van der Waals surface area contributed by atoms with Crippen molar-refractivity contribution in [2.75, 3.05) is 0 Å². The average molecular weight is 265 g/mol. The number of nitrogens with two attached hydrogens (primary N) is 1. The molecule has 3 heteroatoms. The number of benzene rings is 3. The van der Waals surface area contributed by atoms with E-state index < -0.39 is 11.5 Å². The molecule has 0 aliphatic rings. The molecule has 3 N–H and O–H groups in total. The van der Waals surface area contributed by atoms with Crippen molar-refractivity contribution in [2.24, 2.45) is 5.73 Å². The maximum Gasteiger partial charge on any atom is 0.328 e. The maximum atomic E-state index is 11.2. The van der Waals surface area contributed by atoms with Gasteiger partial charge in [0, 0.05) is 0 Å². The third-order valence-corrected chi connectivity index (χ3v) is 3.75. The summed E-state index contributed by atoms with van der Waals surface area (Å²) in [6.45, 7) is 1.51. The topological polar surface area (TPSA) is 63.3 Å². The molecule has 20 heavy (non-hydrogen) atoms. The van der Waals surface area contributed by atoms with Gasteiger partial charge in [-0.15, -0.1) is 0 Å². The quantitative estimate of drug-likeness (QED) is 0.699.